The van der Waals surface area contributed by atoms with Gasteiger partial charge in [0.1, 0.15) is 0 Å². The lowest BCUT2D eigenvalue weighted by Gasteiger charge is -2.19. The standard InChI is InChI=1S/C14H23N3/c1-5-7-15-10-13-9-14(6-8-16-13)17(4)11-12(2)3/h6,8-9,15H,2,5,7,10-11H2,1,3-4H3. The van der Waals surface area contributed by atoms with Crippen LogP contribution >= 0.6 is 0 Å². The van der Waals surface area contributed by atoms with Crippen molar-refractivity contribution < 1.29 is 0 Å². The number of hydrogen-bond acceptors (Lipinski definition) is 3. The van der Waals surface area contributed by atoms with Gasteiger partial charge in [-0.3, -0.25) is 4.98 Å². The van der Waals surface area contributed by atoms with Crippen LogP contribution in [0.1, 0.15) is 26.0 Å². The van der Waals surface area contributed by atoms with Crippen LogP contribution in [0.15, 0.2) is 30.5 Å². The average Bonchev–Trinajstić information content (AvgIpc) is 2.29. The summed E-state index contributed by atoms with van der Waals surface area (Å²) in [6, 6.07) is 4.16. The summed E-state index contributed by atoms with van der Waals surface area (Å²) in [5.74, 6) is 0. The molecule has 0 atom stereocenters. The smallest absolute Gasteiger partial charge is 0.0562 e. The Balaban J connectivity index is 2.61. The lowest BCUT2D eigenvalue weighted by molar-refractivity contribution is 0.664. The first-order chi connectivity index (χ1) is 8.13. The van der Waals surface area contributed by atoms with Gasteiger partial charge < -0.3 is 10.2 Å². The van der Waals surface area contributed by atoms with Crippen molar-refractivity contribution >= 4 is 5.69 Å². The van der Waals surface area contributed by atoms with Crippen LogP contribution in [0, 0.1) is 0 Å². The topological polar surface area (TPSA) is 28.2 Å². The minimum absolute atomic E-state index is 0.836. The Morgan fingerprint density at radius 3 is 2.94 bits per heavy atom. The van der Waals surface area contributed by atoms with Crippen molar-refractivity contribution in [1.82, 2.24) is 10.3 Å². The van der Waals surface area contributed by atoms with Gasteiger partial charge >= 0.3 is 0 Å². The van der Waals surface area contributed by atoms with E-state index < -0.39 is 0 Å². The summed E-state index contributed by atoms with van der Waals surface area (Å²) in [6.07, 6.45) is 3.02. The molecule has 0 aliphatic carbocycles. The molecule has 1 heterocycles. The van der Waals surface area contributed by atoms with Crippen LogP contribution in [0.5, 0.6) is 0 Å². The zero-order valence-corrected chi connectivity index (χ0v) is 11.2. The van der Waals surface area contributed by atoms with Crippen LogP contribution in [0.3, 0.4) is 0 Å². The molecule has 0 spiro atoms. The zero-order chi connectivity index (χ0) is 12.7. The van der Waals surface area contributed by atoms with Crippen molar-refractivity contribution in [2.45, 2.75) is 26.8 Å². The Labute approximate surface area is 105 Å². The molecule has 0 unspecified atom stereocenters. The highest BCUT2D eigenvalue weighted by Crippen LogP contribution is 2.13. The zero-order valence-electron chi connectivity index (χ0n) is 11.2. The minimum Gasteiger partial charge on any atom is -0.371 e. The number of likely N-dealkylation sites (N-methyl/N-ethyl adjacent to an activating group) is 1. The molecule has 0 fully saturated rings. The second kappa shape index (κ2) is 7.07. The van der Waals surface area contributed by atoms with E-state index >= 15 is 0 Å². The van der Waals surface area contributed by atoms with E-state index in [9.17, 15) is 0 Å². The van der Waals surface area contributed by atoms with E-state index in [4.69, 9.17) is 0 Å². The average molecular weight is 233 g/mol. The van der Waals surface area contributed by atoms with Crippen molar-refractivity contribution in [3.8, 4) is 0 Å². The van der Waals surface area contributed by atoms with Crippen LogP contribution in [0.2, 0.25) is 0 Å². The Morgan fingerprint density at radius 2 is 2.29 bits per heavy atom. The number of rotatable bonds is 7. The SMILES string of the molecule is C=C(C)CN(C)c1ccnc(CNCCC)c1. The van der Waals surface area contributed by atoms with Gasteiger partial charge in [0, 0.05) is 32.0 Å². The summed E-state index contributed by atoms with van der Waals surface area (Å²) in [7, 11) is 2.08. The fourth-order valence-electron chi connectivity index (χ4n) is 1.69. The maximum absolute atomic E-state index is 4.36. The van der Waals surface area contributed by atoms with Gasteiger partial charge in [-0.2, -0.15) is 0 Å². The monoisotopic (exact) mass is 233 g/mol. The summed E-state index contributed by atoms with van der Waals surface area (Å²) < 4.78 is 0. The van der Waals surface area contributed by atoms with Gasteiger partial charge in [0.15, 0.2) is 0 Å². The summed E-state index contributed by atoms with van der Waals surface area (Å²) in [4.78, 5) is 6.55. The molecule has 0 aromatic carbocycles. The number of hydrogen-bond donors (Lipinski definition) is 1. The second-order valence-electron chi connectivity index (χ2n) is 4.50. The molecule has 1 aromatic rings. The normalized spacial score (nSPS) is 10.3. The molecule has 0 radical (unpaired) electrons. The molecular weight excluding hydrogens is 210 g/mol. The molecule has 0 saturated heterocycles. The van der Waals surface area contributed by atoms with Crippen molar-refractivity contribution in [2.24, 2.45) is 0 Å². The first kappa shape index (κ1) is 13.7. The Hall–Kier alpha value is -1.35. The Morgan fingerprint density at radius 1 is 1.53 bits per heavy atom. The van der Waals surface area contributed by atoms with Crippen molar-refractivity contribution in [3.05, 3.63) is 36.2 Å². The van der Waals surface area contributed by atoms with Gasteiger partial charge in [0.05, 0.1) is 5.69 Å². The van der Waals surface area contributed by atoms with Gasteiger partial charge in [0.25, 0.3) is 0 Å². The van der Waals surface area contributed by atoms with Gasteiger partial charge in [0.2, 0.25) is 0 Å². The quantitative estimate of drug-likeness (QED) is 0.579. The highest BCUT2D eigenvalue weighted by molar-refractivity contribution is 5.46. The summed E-state index contributed by atoms with van der Waals surface area (Å²) in [5, 5.41) is 3.36. The molecule has 0 aliphatic rings. The van der Waals surface area contributed by atoms with Crippen LogP contribution in [-0.4, -0.2) is 25.1 Å². The molecular formula is C14H23N3. The number of aromatic nitrogens is 1. The number of anilines is 1. The Kier molecular flexibility index (Phi) is 5.70. The molecule has 1 N–H and O–H groups in total. The number of pyridine rings is 1. The van der Waals surface area contributed by atoms with Crippen molar-refractivity contribution in [1.29, 1.82) is 0 Å². The molecule has 1 aromatic heterocycles. The van der Waals surface area contributed by atoms with Crippen molar-refractivity contribution in [2.75, 3.05) is 25.0 Å². The highest BCUT2D eigenvalue weighted by Gasteiger charge is 2.02. The first-order valence-electron chi connectivity index (χ1n) is 6.14. The van der Waals surface area contributed by atoms with Gasteiger partial charge in [-0.05, 0) is 32.0 Å². The second-order valence-corrected chi connectivity index (χ2v) is 4.50. The fourth-order valence-corrected chi connectivity index (χ4v) is 1.69. The molecule has 1 rings (SSSR count). The third-order valence-electron chi connectivity index (χ3n) is 2.48. The van der Waals surface area contributed by atoms with Gasteiger partial charge in [-0.15, -0.1) is 0 Å². The fraction of sp³-hybridized carbons (Fsp3) is 0.500. The Bertz CT molecular complexity index is 360. The summed E-state index contributed by atoms with van der Waals surface area (Å²) in [5.41, 5.74) is 3.44. The first-order valence-corrected chi connectivity index (χ1v) is 6.14. The lowest BCUT2D eigenvalue weighted by atomic mass is 10.2. The molecule has 3 nitrogen and oxygen atoms in total. The van der Waals surface area contributed by atoms with E-state index in [1.807, 2.05) is 19.2 Å². The third-order valence-corrected chi connectivity index (χ3v) is 2.48. The van der Waals surface area contributed by atoms with E-state index in [1.165, 1.54) is 5.69 Å². The van der Waals surface area contributed by atoms with E-state index in [0.717, 1.165) is 37.3 Å². The minimum atomic E-state index is 0.836. The highest BCUT2D eigenvalue weighted by atomic mass is 15.1. The van der Waals surface area contributed by atoms with E-state index in [1.54, 1.807) is 0 Å². The molecule has 94 valence electrons. The van der Waals surface area contributed by atoms with Gasteiger partial charge in [-0.1, -0.05) is 19.1 Å². The summed E-state index contributed by atoms with van der Waals surface area (Å²) >= 11 is 0. The molecule has 0 bridgehead atoms. The maximum Gasteiger partial charge on any atom is 0.0562 e. The predicted molar refractivity (Wildman–Crippen MR) is 74.3 cm³/mol. The van der Waals surface area contributed by atoms with E-state index in [0.29, 0.717) is 0 Å². The van der Waals surface area contributed by atoms with Crippen LogP contribution in [-0.2, 0) is 6.54 Å². The van der Waals surface area contributed by atoms with E-state index in [-0.39, 0.29) is 0 Å². The largest absolute Gasteiger partial charge is 0.371 e. The predicted octanol–water partition coefficient (Wildman–Crippen LogP) is 2.59. The number of nitrogens with zero attached hydrogens (tertiary/aromatic N) is 2. The van der Waals surface area contributed by atoms with Crippen LogP contribution < -0.4 is 10.2 Å². The molecule has 0 saturated carbocycles. The molecule has 3 heteroatoms. The lowest BCUT2D eigenvalue weighted by Crippen LogP contribution is -2.20. The maximum atomic E-state index is 4.36. The van der Waals surface area contributed by atoms with Crippen LogP contribution in [0.4, 0.5) is 5.69 Å². The number of nitrogens with one attached hydrogen (secondary N) is 1. The molecule has 0 aliphatic heterocycles. The van der Waals surface area contributed by atoms with Gasteiger partial charge in [-0.25, -0.2) is 0 Å². The van der Waals surface area contributed by atoms with Crippen LogP contribution in [0.25, 0.3) is 0 Å². The third kappa shape index (κ3) is 5.00. The van der Waals surface area contributed by atoms with Crippen molar-refractivity contribution in [3.63, 3.8) is 0 Å². The molecule has 17 heavy (non-hydrogen) atoms. The van der Waals surface area contributed by atoms with E-state index in [2.05, 4.69) is 41.8 Å². The molecule has 0 amide bonds. The summed E-state index contributed by atoms with van der Waals surface area (Å²) in [6.45, 7) is 10.9.